The van der Waals surface area contributed by atoms with Gasteiger partial charge in [0.05, 0.1) is 0 Å². The normalized spacial score (nSPS) is 16.4. The number of hydrogen-bond acceptors (Lipinski definition) is 4. The number of alkyl halides is 3. The molecule has 4 nitrogen and oxygen atoms in total. The summed E-state index contributed by atoms with van der Waals surface area (Å²) in [6, 6.07) is 6.28. The Morgan fingerprint density at radius 3 is 2.57 bits per heavy atom. The van der Waals surface area contributed by atoms with Crippen LogP contribution in [-0.4, -0.2) is 38.1 Å². The maximum Gasteiger partial charge on any atom is 0.458 e. The van der Waals surface area contributed by atoms with Crippen molar-refractivity contribution in [3.8, 4) is 0 Å². The van der Waals surface area contributed by atoms with Crippen molar-refractivity contribution < 1.29 is 22.4 Å². The molecule has 0 saturated carbocycles. The molecular formula is C14H13F3N2O2. The zero-order valence-electron chi connectivity index (χ0n) is 11.0. The molecule has 1 fully saturated rings. The summed E-state index contributed by atoms with van der Waals surface area (Å²) in [7, 11) is 0. The first-order valence-corrected chi connectivity index (χ1v) is 6.56. The summed E-state index contributed by atoms with van der Waals surface area (Å²) in [4.78, 5) is 13.3. The van der Waals surface area contributed by atoms with Gasteiger partial charge in [-0.3, -0.25) is 4.79 Å². The number of nitrogens with zero attached hydrogens (tertiary/aromatic N) is 1. The van der Waals surface area contributed by atoms with E-state index in [2.05, 4.69) is 10.2 Å². The molecule has 2 aromatic rings. The van der Waals surface area contributed by atoms with Crippen LogP contribution < -0.4 is 10.2 Å². The summed E-state index contributed by atoms with van der Waals surface area (Å²) in [5.41, 5.74) is 1.19. The van der Waals surface area contributed by atoms with Gasteiger partial charge in [0.1, 0.15) is 5.58 Å². The molecular weight excluding hydrogens is 285 g/mol. The van der Waals surface area contributed by atoms with Gasteiger partial charge in [0.2, 0.25) is 0 Å². The van der Waals surface area contributed by atoms with E-state index < -0.39 is 17.7 Å². The van der Waals surface area contributed by atoms with E-state index in [0.717, 1.165) is 37.9 Å². The van der Waals surface area contributed by atoms with Crippen LogP contribution in [0.1, 0.15) is 10.6 Å². The van der Waals surface area contributed by atoms with Crippen LogP contribution in [0.15, 0.2) is 28.7 Å². The third-order valence-electron chi connectivity index (χ3n) is 3.46. The molecule has 0 aliphatic carbocycles. The largest absolute Gasteiger partial charge is 0.458 e. The van der Waals surface area contributed by atoms with Crippen molar-refractivity contribution in [2.24, 2.45) is 0 Å². The lowest BCUT2D eigenvalue weighted by Gasteiger charge is -2.29. The van der Waals surface area contributed by atoms with Crippen molar-refractivity contribution in [3.05, 3.63) is 30.0 Å². The summed E-state index contributed by atoms with van der Waals surface area (Å²) in [5.74, 6) is -2.63. The number of ketones is 1. The van der Waals surface area contributed by atoms with Gasteiger partial charge < -0.3 is 14.6 Å². The Labute approximate surface area is 118 Å². The Hall–Kier alpha value is -2.02. The van der Waals surface area contributed by atoms with E-state index in [1.807, 2.05) is 0 Å². The molecule has 1 aliphatic heterocycles. The fourth-order valence-electron chi connectivity index (χ4n) is 2.40. The number of piperazine rings is 1. The number of halogens is 3. The fraction of sp³-hybridized carbons (Fsp3) is 0.357. The van der Waals surface area contributed by atoms with E-state index in [0.29, 0.717) is 5.39 Å². The molecule has 1 aromatic heterocycles. The number of Topliss-reactive ketones (excluding diaryl/α,β-unsaturated/α-hetero) is 1. The van der Waals surface area contributed by atoms with Crippen LogP contribution in [0.5, 0.6) is 0 Å². The number of furan rings is 1. The number of rotatable bonds is 2. The van der Waals surface area contributed by atoms with Crippen LogP contribution >= 0.6 is 0 Å². The van der Waals surface area contributed by atoms with E-state index in [1.165, 1.54) is 0 Å². The minimum atomic E-state index is -4.92. The first-order chi connectivity index (χ1) is 9.95. The molecule has 0 amide bonds. The number of anilines is 1. The molecule has 0 unspecified atom stereocenters. The molecule has 112 valence electrons. The van der Waals surface area contributed by atoms with Crippen molar-refractivity contribution in [2.75, 3.05) is 31.1 Å². The van der Waals surface area contributed by atoms with Crippen LogP contribution in [0.25, 0.3) is 11.0 Å². The van der Waals surface area contributed by atoms with E-state index in [4.69, 9.17) is 4.42 Å². The van der Waals surface area contributed by atoms with Gasteiger partial charge in [0.15, 0.2) is 5.76 Å². The Morgan fingerprint density at radius 1 is 1.19 bits per heavy atom. The van der Waals surface area contributed by atoms with Crippen molar-refractivity contribution >= 4 is 22.4 Å². The molecule has 1 aromatic carbocycles. The quantitative estimate of drug-likeness (QED) is 0.866. The molecule has 0 bridgehead atoms. The molecule has 2 heterocycles. The lowest BCUT2D eigenvalue weighted by molar-refractivity contribution is -0.0898. The van der Waals surface area contributed by atoms with E-state index in [1.54, 1.807) is 18.2 Å². The first-order valence-electron chi connectivity index (χ1n) is 6.56. The summed E-state index contributed by atoms with van der Waals surface area (Å²) in [6.07, 6.45) is -4.92. The van der Waals surface area contributed by atoms with E-state index in [-0.39, 0.29) is 5.58 Å². The summed E-state index contributed by atoms with van der Waals surface area (Å²) >= 11 is 0. The number of carbonyl (C=O) groups excluding carboxylic acids is 1. The molecule has 21 heavy (non-hydrogen) atoms. The number of fused-ring (bicyclic) bond motifs is 1. The minimum Gasteiger partial charge on any atom is -0.453 e. The van der Waals surface area contributed by atoms with E-state index >= 15 is 0 Å². The fourth-order valence-corrected chi connectivity index (χ4v) is 2.40. The van der Waals surface area contributed by atoms with Crippen LogP contribution in [-0.2, 0) is 0 Å². The lowest BCUT2D eigenvalue weighted by atomic mass is 10.2. The van der Waals surface area contributed by atoms with Crippen LogP contribution in [0.3, 0.4) is 0 Å². The molecule has 0 atom stereocenters. The van der Waals surface area contributed by atoms with Crippen molar-refractivity contribution in [2.45, 2.75) is 6.18 Å². The SMILES string of the molecule is O=C(c1cc2cc(N3CCNCC3)ccc2o1)C(F)(F)F. The molecule has 0 spiro atoms. The molecule has 0 radical (unpaired) electrons. The predicted octanol–water partition coefficient (Wildman–Crippen LogP) is 2.59. The van der Waals surface area contributed by atoms with Crippen molar-refractivity contribution in [1.82, 2.24) is 5.32 Å². The second-order valence-corrected chi connectivity index (χ2v) is 4.90. The average molecular weight is 298 g/mol. The maximum atomic E-state index is 12.4. The van der Waals surface area contributed by atoms with Gasteiger partial charge in [-0.2, -0.15) is 13.2 Å². The van der Waals surface area contributed by atoms with Gasteiger partial charge in [-0.05, 0) is 24.3 Å². The second-order valence-electron chi connectivity index (χ2n) is 4.90. The van der Waals surface area contributed by atoms with Crippen LogP contribution in [0, 0.1) is 0 Å². The monoisotopic (exact) mass is 298 g/mol. The van der Waals surface area contributed by atoms with Crippen molar-refractivity contribution in [3.63, 3.8) is 0 Å². The summed E-state index contributed by atoms with van der Waals surface area (Å²) in [5, 5.41) is 3.73. The third kappa shape index (κ3) is 2.73. The molecule has 7 heteroatoms. The van der Waals surface area contributed by atoms with Gasteiger partial charge in [-0.25, -0.2) is 0 Å². The Bertz CT molecular complexity index is 672. The summed E-state index contributed by atoms with van der Waals surface area (Å²) < 4.78 is 42.2. The lowest BCUT2D eigenvalue weighted by Crippen LogP contribution is -2.43. The molecule has 1 saturated heterocycles. The topological polar surface area (TPSA) is 45.5 Å². The first kappa shape index (κ1) is 13.9. The Kier molecular flexibility index (Phi) is 3.36. The Morgan fingerprint density at radius 2 is 1.90 bits per heavy atom. The van der Waals surface area contributed by atoms with Gasteiger partial charge >= 0.3 is 12.0 Å². The van der Waals surface area contributed by atoms with Gasteiger partial charge in [0, 0.05) is 37.3 Å². The van der Waals surface area contributed by atoms with E-state index in [9.17, 15) is 18.0 Å². The summed E-state index contributed by atoms with van der Waals surface area (Å²) in [6.45, 7) is 3.39. The molecule has 3 rings (SSSR count). The number of hydrogen-bond donors (Lipinski definition) is 1. The van der Waals surface area contributed by atoms with Crippen molar-refractivity contribution in [1.29, 1.82) is 0 Å². The number of benzene rings is 1. The zero-order valence-corrected chi connectivity index (χ0v) is 11.0. The number of carbonyl (C=O) groups is 1. The molecule has 1 N–H and O–H groups in total. The van der Waals surface area contributed by atoms with Crippen LogP contribution in [0.4, 0.5) is 18.9 Å². The smallest absolute Gasteiger partial charge is 0.453 e. The van der Waals surface area contributed by atoms with Gasteiger partial charge in [-0.15, -0.1) is 0 Å². The standard InChI is InChI=1S/C14H13F3N2O2/c15-14(16,17)13(20)12-8-9-7-10(1-2-11(9)21-12)19-5-3-18-4-6-19/h1-2,7-8,18H,3-6H2. The average Bonchev–Trinajstić information content (AvgIpc) is 2.89. The second kappa shape index (κ2) is 5.07. The number of nitrogens with one attached hydrogen (secondary N) is 1. The highest BCUT2D eigenvalue weighted by molar-refractivity contribution is 6.01. The zero-order chi connectivity index (χ0) is 15.0. The highest BCUT2D eigenvalue weighted by Gasteiger charge is 2.41. The van der Waals surface area contributed by atoms with Gasteiger partial charge in [0.25, 0.3) is 0 Å². The van der Waals surface area contributed by atoms with Crippen LogP contribution in [0.2, 0.25) is 0 Å². The predicted molar refractivity (Wildman–Crippen MR) is 71.7 cm³/mol. The van der Waals surface area contributed by atoms with Gasteiger partial charge in [-0.1, -0.05) is 0 Å². The minimum absolute atomic E-state index is 0.279. The highest BCUT2D eigenvalue weighted by atomic mass is 19.4. The Balaban J connectivity index is 1.93. The third-order valence-corrected chi connectivity index (χ3v) is 3.46. The maximum absolute atomic E-state index is 12.4. The highest BCUT2D eigenvalue weighted by Crippen LogP contribution is 2.29. The molecule has 1 aliphatic rings.